The Bertz CT molecular complexity index is 1460. The summed E-state index contributed by atoms with van der Waals surface area (Å²) in [4.78, 5) is 11.5. The maximum atomic E-state index is 13.4. The lowest BCUT2D eigenvalue weighted by Crippen LogP contribution is -2.10. The topological polar surface area (TPSA) is 76.4 Å². The standard InChI is InChI=1S/C22H15ClF3NO4S2/c23-16-6-7-18-17(11-16)14(3-9-20(28)29)12-27(18)33(30,31)21-10-8-19(32-21)13-1-4-15(5-2-13)22(24,25)26/h1-2,4-8,10-12H,3,9H2,(H,28,29). The normalized spacial score (nSPS) is 12.4. The summed E-state index contributed by atoms with van der Waals surface area (Å²) in [5, 5.41) is 9.93. The highest BCUT2D eigenvalue weighted by Crippen LogP contribution is 2.36. The zero-order chi connectivity index (χ0) is 24.0. The number of hydrogen-bond donors (Lipinski definition) is 1. The highest BCUT2D eigenvalue weighted by molar-refractivity contribution is 7.92. The molecule has 0 aliphatic rings. The second-order valence-corrected chi connectivity index (χ2v) is 10.8. The molecule has 0 unspecified atom stereocenters. The number of thiophene rings is 1. The first-order valence-corrected chi connectivity index (χ1v) is 12.1. The van der Waals surface area contributed by atoms with Gasteiger partial charge in [0.1, 0.15) is 4.21 Å². The van der Waals surface area contributed by atoms with Gasteiger partial charge in [0.2, 0.25) is 0 Å². The molecule has 1 N–H and O–H groups in total. The SMILES string of the molecule is O=C(O)CCc1cn(S(=O)(=O)c2ccc(-c3ccc(C(F)(F)F)cc3)s2)c2ccc(Cl)cc12. The van der Waals surface area contributed by atoms with Gasteiger partial charge in [-0.05, 0) is 60.0 Å². The van der Waals surface area contributed by atoms with E-state index in [1.807, 2.05) is 0 Å². The van der Waals surface area contributed by atoms with Gasteiger partial charge in [0, 0.05) is 27.9 Å². The van der Waals surface area contributed by atoms with Crippen molar-refractivity contribution in [1.82, 2.24) is 3.97 Å². The van der Waals surface area contributed by atoms with Gasteiger partial charge in [-0.25, -0.2) is 3.97 Å². The van der Waals surface area contributed by atoms with Crippen molar-refractivity contribution < 1.29 is 31.5 Å². The van der Waals surface area contributed by atoms with Crippen molar-refractivity contribution in [3.8, 4) is 10.4 Å². The smallest absolute Gasteiger partial charge is 0.416 e. The Hall–Kier alpha value is -2.82. The van der Waals surface area contributed by atoms with Gasteiger partial charge >= 0.3 is 12.1 Å². The zero-order valence-electron chi connectivity index (χ0n) is 16.6. The lowest BCUT2D eigenvalue weighted by atomic mass is 10.1. The fraction of sp³-hybridized carbons (Fsp3) is 0.136. The molecule has 0 atom stereocenters. The quantitative estimate of drug-likeness (QED) is 0.328. The van der Waals surface area contributed by atoms with Crippen molar-refractivity contribution in [2.45, 2.75) is 23.2 Å². The highest BCUT2D eigenvalue weighted by Gasteiger charge is 2.30. The summed E-state index contributed by atoms with van der Waals surface area (Å²) >= 11 is 6.99. The summed E-state index contributed by atoms with van der Waals surface area (Å²) in [5.41, 5.74) is 0.546. The number of carboxylic acid groups (broad SMARTS) is 1. The lowest BCUT2D eigenvalue weighted by molar-refractivity contribution is -0.138. The minimum Gasteiger partial charge on any atom is -0.481 e. The molecule has 0 radical (unpaired) electrons. The van der Waals surface area contributed by atoms with Crippen LogP contribution in [0.3, 0.4) is 0 Å². The highest BCUT2D eigenvalue weighted by atomic mass is 35.5. The second kappa shape index (κ2) is 8.51. The van der Waals surface area contributed by atoms with Gasteiger partial charge in [-0.15, -0.1) is 11.3 Å². The van der Waals surface area contributed by atoms with E-state index in [1.54, 1.807) is 18.2 Å². The molecule has 0 saturated heterocycles. The van der Waals surface area contributed by atoms with Gasteiger partial charge in [-0.3, -0.25) is 4.79 Å². The van der Waals surface area contributed by atoms with Crippen molar-refractivity contribution in [3.63, 3.8) is 0 Å². The van der Waals surface area contributed by atoms with Crippen LogP contribution in [0.2, 0.25) is 5.02 Å². The molecule has 2 heterocycles. The molecule has 0 amide bonds. The van der Waals surface area contributed by atoms with E-state index in [9.17, 15) is 26.4 Å². The molecule has 0 fully saturated rings. The van der Waals surface area contributed by atoms with Gasteiger partial charge in [0.05, 0.1) is 11.1 Å². The Labute approximate surface area is 195 Å². The van der Waals surface area contributed by atoms with Crippen LogP contribution in [0.15, 0.2) is 65.0 Å². The molecular formula is C22H15ClF3NO4S2. The number of rotatable bonds is 6. The Morgan fingerprint density at radius 1 is 1.06 bits per heavy atom. The first kappa shape index (κ1) is 23.3. The van der Waals surface area contributed by atoms with Crippen LogP contribution in [0.4, 0.5) is 13.2 Å². The van der Waals surface area contributed by atoms with Crippen LogP contribution in [-0.2, 0) is 27.4 Å². The van der Waals surface area contributed by atoms with Gasteiger partial charge < -0.3 is 5.11 Å². The van der Waals surface area contributed by atoms with Crippen LogP contribution in [0.1, 0.15) is 17.5 Å². The van der Waals surface area contributed by atoms with Gasteiger partial charge in [-0.2, -0.15) is 21.6 Å². The van der Waals surface area contributed by atoms with Crippen LogP contribution in [0.5, 0.6) is 0 Å². The van der Waals surface area contributed by atoms with E-state index in [0.717, 1.165) is 27.4 Å². The molecule has 0 aliphatic carbocycles. The van der Waals surface area contributed by atoms with E-state index < -0.39 is 27.7 Å². The minimum absolute atomic E-state index is 0.00553. The summed E-state index contributed by atoms with van der Waals surface area (Å²) < 4.78 is 66.3. The fourth-order valence-corrected chi connectivity index (χ4v) is 6.38. The number of hydrogen-bond acceptors (Lipinski definition) is 4. The summed E-state index contributed by atoms with van der Waals surface area (Å²) in [6, 6.07) is 12.1. The number of aromatic nitrogens is 1. The van der Waals surface area contributed by atoms with Gasteiger partial charge in [0.25, 0.3) is 10.0 Å². The maximum absolute atomic E-state index is 13.4. The number of nitrogens with zero attached hydrogens (tertiary/aromatic N) is 1. The van der Waals surface area contributed by atoms with Crippen LogP contribution >= 0.6 is 22.9 Å². The third kappa shape index (κ3) is 4.64. The number of alkyl halides is 3. The Balaban J connectivity index is 1.74. The average molecular weight is 514 g/mol. The average Bonchev–Trinajstić information content (AvgIpc) is 3.38. The Morgan fingerprint density at radius 2 is 1.76 bits per heavy atom. The van der Waals surface area contributed by atoms with E-state index in [0.29, 0.717) is 31.9 Å². The monoisotopic (exact) mass is 513 g/mol. The number of carbonyl (C=O) groups is 1. The summed E-state index contributed by atoms with van der Waals surface area (Å²) in [7, 11) is -4.05. The van der Waals surface area contributed by atoms with Crippen molar-refractivity contribution in [2.75, 3.05) is 0 Å². The van der Waals surface area contributed by atoms with Crippen molar-refractivity contribution in [2.24, 2.45) is 0 Å². The third-order valence-electron chi connectivity index (χ3n) is 5.01. The van der Waals surface area contributed by atoms with E-state index in [2.05, 4.69) is 0 Å². The van der Waals surface area contributed by atoms with Gasteiger partial charge in [0.15, 0.2) is 0 Å². The molecular weight excluding hydrogens is 499 g/mol. The van der Waals surface area contributed by atoms with Crippen LogP contribution in [0.25, 0.3) is 21.3 Å². The van der Waals surface area contributed by atoms with Crippen molar-refractivity contribution >= 4 is 49.8 Å². The summed E-state index contributed by atoms with van der Waals surface area (Å²) in [5.74, 6) is -1.01. The summed E-state index contributed by atoms with van der Waals surface area (Å²) in [6.45, 7) is 0. The molecule has 0 saturated carbocycles. The number of aryl methyl sites for hydroxylation is 1. The van der Waals surface area contributed by atoms with E-state index in [1.165, 1.54) is 30.5 Å². The van der Waals surface area contributed by atoms with Crippen LogP contribution in [-0.4, -0.2) is 23.5 Å². The molecule has 4 rings (SSSR count). The fourth-order valence-electron chi connectivity index (χ4n) is 3.41. The van der Waals surface area contributed by atoms with E-state index in [4.69, 9.17) is 16.7 Å². The van der Waals surface area contributed by atoms with Crippen LogP contribution < -0.4 is 0 Å². The molecule has 5 nitrogen and oxygen atoms in total. The molecule has 2 aromatic carbocycles. The summed E-state index contributed by atoms with van der Waals surface area (Å²) in [6.07, 6.45) is -3.13. The number of aliphatic carboxylic acids is 1. The van der Waals surface area contributed by atoms with Gasteiger partial charge in [-0.1, -0.05) is 23.7 Å². The first-order valence-electron chi connectivity index (χ1n) is 9.51. The molecule has 2 aromatic heterocycles. The van der Waals surface area contributed by atoms with Crippen LogP contribution in [0, 0.1) is 0 Å². The second-order valence-electron chi connectivity index (χ2n) is 7.20. The predicted octanol–water partition coefficient (Wildman–Crippen LogP) is 6.30. The number of benzene rings is 2. The lowest BCUT2D eigenvalue weighted by Gasteiger charge is -2.07. The molecule has 11 heteroatoms. The number of halogens is 4. The number of carboxylic acids is 1. The van der Waals surface area contributed by atoms with E-state index >= 15 is 0 Å². The molecule has 0 aliphatic heterocycles. The minimum atomic E-state index is -4.46. The molecule has 0 spiro atoms. The molecule has 4 aromatic rings. The third-order valence-corrected chi connectivity index (χ3v) is 8.53. The predicted molar refractivity (Wildman–Crippen MR) is 120 cm³/mol. The largest absolute Gasteiger partial charge is 0.481 e. The molecule has 0 bridgehead atoms. The first-order chi connectivity index (χ1) is 15.5. The molecule has 172 valence electrons. The number of fused-ring (bicyclic) bond motifs is 1. The van der Waals surface area contributed by atoms with E-state index in [-0.39, 0.29) is 17.1 Å². The Kier molecular flexibility index (Phi) is 6.02. The molecule has 33 heavy (non-hydrogen) atoms. The Morgan fingerprint density at radius 3 is 2.39 bits per heavy atom. The van der Waals surface area contributed by atoms with Crippen molar-refractivity contribution in [3.05, 3.63) is 76.9 Å². The van der Waals surface area contributed by atoms with Crippen molar-refractivity contribution in [1.29, 1.82) is 0 Å². The maximum Gasteiger partial charge on any atom is 0.416 e. The zero-order valence-corrected chi connectivity index (χ0v) is 19.0.